The number of carbonyl (C=O) groups is 2. The molecule has 1 aliphatic rings. The standard InChI is InChI=1S/C25H24FN3O4S/c1-16-4-13-22-21(14-16)24(17-5-9-19(26)10-6-17)29(15-23(30)27-22)25(31)18-7-11-20(12-8-18)34(32,33)28(2)3/h4-14,24H,15H2,1-3H3,(H,27,30)/t24-/m0/s1. The van der Waals surface area contributed by atoms with E-state index in [1.807, 2.05) is 19.1 Å². The third-order valence-electron chi connectivity index (χ3n) is 5.73. The Morgan fingerprint density at radius 2 is 1.68 bits per heavy atom. The second-order valence-corrected chi connectivity index (χ2v) is 10.5. The van der Waals surface area contributed by atoms with Gasteiger partial charge in [-0.1, -0.05) is 29.8 Å². The van der Waals surface area contributed by atoms with E-state index in [1.54, 1.807) is 18.2 Å². The average Bonchev–Trinajstić information content (AvgIpc) is 2.95. The first-order chi connectivity index (χ1) is 16.1. The van der Waals surface area contributed by atoms with E-state index in [2.05, 4.69) is 5.32 Å². The lowest BCUT2D eigenvalue weighted by Gasteiger charge is -2.31. The topological polar surface area (TPSA) is 86.8 Å². The van der Waals surface area contributed by atoms with Crippen molar-refractivity contribution in [2.75, 3.05) is 26.0 Å². The Bertz CT molecular complexity index is 1350. The molecule has 0 spiro atoms. The Balaban J connectivity index is 1.81. The Morgan fingerprint density at radius 1 is 1.03 bits per heavy atom. The SMILES string of the molecule is Cc1ccc2c(c1)[C@H](c1ccc(F)cc1)N(C(=O)c1ccc(S(=O)(=O)N(C)C)cc1)CC(=O)N2. The van der Waals surface area contributed by atoms with Crippen molar-refractivity contribution in [3.8, 4) is 0 Å². The van der Waals surface area contributed by atoms with Gasteiger partial charge in [-0.05, 0) is 55.0 Å². The molecular formula is C25H24FN3O4S. The minimum Gasteiger partial charge on any atom is -0.324 e. The van der Waals surface area contributed by atoms with E-state index in [-0.39, 0.29) is 22.9 Å². The molecule has 3 aromatic rings. The fourth-order valence-electron chi connectivity index (χ4n) is 3.97. The van der Waals surface area contributed by atoms with E-state index >= 15 is 0 Å². The summed E-state index contributed by atoms with van der Waals surface area (Å²) >= 11 is 0. The molecule has 0 unspecified atom stereocenters. The Morgan fingerprint density at radius 3 is 2.29 bits per heavy atom. The van der Waals surface area contributed by atoms with Crippen LogP contribution in [-0.4, -0.2) is 50.1 Å². The summed E-state index contributed by atoms with van der Waals surface area (Å²) in [5.41, 5.74) is 3.09. The molecule has 4 rings (SSSR count). The van der Waals surface area contributed by atoms with Gasteiger partial charge in [0, 0.05) is 30.9 Å². The van der Waals surface area contributed by atoms with Gasteiger partial charge in [-0.15, -0.1) is 0 Å². The van der Waals surface area contributed by atoms with Crippen molar-refractivity contribution in [2.24, 2.45) is 0 Å². The van der Waals surface area contributed by atoms with Crippen LogP contribution in [-0.2, 0) is 14.8 Å². The van der Waals surface area contributed by atoms with Gasteiger partial charge in [0.25, 0.3) is 5.91 Å². The summed E-state index contributed by atoms with van der Waals surface area (Å²) < 4.78 is 39.5. The fourth-order valence-corrected chi connectivity index (χ4v) is 4.87. The van der Waals surface area contributed by atoms with Crippen LogP contribution in [0.4, 0.5) is 10.1 Å². The Hall–Kier alpha value is -3.56. The van der Waals surface area contributed by atoms with E-state index in [9.17, 15) is 22.4 Å². The molecule has 0 radical (unpaired) electrons. The third kappa shape index (κ3) is 4.44. The molecule has 1 atom stereocenters. The zero-order valence-corrected chi connectivity index (χ0v) is 19.8. The van der Waals surface area contributed by atoms with Crippen molar-refractivity contribution >= 4 is 27.5 Å². The smallest absolute Gasteiger partial charge is 0.255 e. The maximum Gasteiger partial charge on any atom is 0.255 e. The number of anilines is 1. The Labute approximate surface area is 197 Å². The first-order valence-electron chi connectivity index (χ1n) is 10.6. The molecule has 1 heterocycles. The first kappa shape index (κ1) is 23.6. The number of nitrogens with zero attached hydrogens (tertiary/aromatic N) is 2. The van der Waals surface area contributed by atoms with Gasteiger partial charge in [0.2, 0.25) is 15.9 Å². The summed E-state index contributed by atoms with van der Waals surface area (Å²) in [7, 11) is -0.798. The van der Waals surface area contributed by atoms with Crippen molar-refractivity contribution in [1.29, 1.82) is 0 Å². The van der Waals surface area contributed by atoms with Crippen LogP contribution in [0.15, 0.2) is 71.6 Å². The lowest BCUT2D eigenvalue weighted by atomic mass is 9.94. The van der Waals surface area contributed by atoms with Crippen molar-refractivity contribution in [2.45, 2.75) is 17.9 Å². The van der Waals surface area contributed by atoms with Gasteiger partial charge in [0.05, 0.1) is 10.9 Å². The number of fused-ring (bicyclic) bond motifs is 1. The molecule has 9 heteroatoms. The van der Waals surface area contributed by atoms with Crippen LogP contribution >= 0.6 is 0 Å². The van der Waals surface area contributed by atoms with E-state index in [1.165, 1.54) is 55.4 Å². The predicted octanol–water partition coefficient (Wildman–Crippen LogP) is 3.57. The highest BCUT2D eigenvalue weighted by atomic mass is 32.2. The van der Waals surface area contributed by atoms with E-state index < -0.39 is 27.8 Å². The monoisotopic (exact) mass is 481 g/mol. The molecule has 1 aliphatic heterocycles. The summed E-state index contributed by atoms with van der Waals surface area (Å²) in [6.07, 6.45) is 0. The number of hydrogen-bond acceptors (Lipinski definition) is 4. The second-order valence-electron chi connectivity index (χ2n) is 8.34. The highest BCUT2D eigenvalue weighted by Crippen LogP contribution is 2.37. The van der Waals surface area contributed by atoms with Crippen LogP contribution in [0.3, 0.4) is 0 Å². The van der Waals surface area contributed by atoms with Crippen LogP contribution in [0.5, 0.6) is 0 Å². The molecule has 34 heavy (non-hydrogen) atoms. The van der Waals surface area contributed by atoms with Crippen LogP contribution in [0.2, 0.25) is 0 Å². The number of amides is 2. The second kappa shape index (κ2) is 9.00. The quantitative estimate of drug-likeness (QED) is 0.617. The maximum absolute atomic E-state index is 13.7. The van der Waals surface area contributed by atoms with Crippen molar-refractivity contribution in [3.05, 3.63) is 94.8 Å². The van der Waals surface area contributed by atoms with Crippen LogP contribution < -0.4 is 5.32 Å². The number of benzene rings is 3. The fraction of sp³-hybridized carbons (Fsp3) is 0.200. The minimum absolute atomic E-state index is 0.0544. The molecule has 7 nitrogen and oxygen atoms in total. The number of nitrogens with one attached hydrogen (secondary N) is 1. The molecular weight excluding hydrogens is 457 g/mol. The number of rotatable bonds is 4. The number of aryl methyl sites for hydroxylation is 1. The van der Waals surface area contributed by atoms with Crippen LogP contribution in [0, 0.1) is 12.7 Å². The van der Waals surface area contributed by atoms with Crippen molar-refractivity contribution in [3.63, 3.8) is 0 Å². The summed E-state index contributed by atoms with van der Waals surface area (Å²) in [5.74, 6) is -1.23. The lowest BCUT2D eigenvalue weighted by molar-refractivity contribution is -0.117. The maximum atomic E-state index is 13.7. The predicted molar refractivity (Wildman–Crippen MR) is 126 cm³/mol. The molecule has 0 bridgehead atoms. The molecule has 176 valence electrons. The van der Waals surface area contributed by atoms with Gasteiger partial charge in [0.15, 0.2) is 0 Å². The molecule has 3 aromatic carbocycles. The van der Waals surface area contributed by atoms with E-state index in [0.29, 0.717) is 16.8 Å². The Kier molecular flexibility index (Phi) is 6.24. The van der Waals surface area contributed by atoms with Crippen LogP contribution in [0.25, 0.3) is 0 Å². The minimum atomic E-state index is -3.65. The first-order valence-corrected chi connectivity index (χ1v) is 12.0. The number of hydrogen-bond donors (Lipinski definition) is 1. The molecule has 0 fully saturated rings. The number of sulfonamides is 1. The van der Waals surface area contributed by atoms with Gasteiger partial charge in [0.1, 0.15) is 12.4 Å². The summed E-state index contributed by atoms with van der Waals surface area (Å²) in [4.78, 5) is 27.8. The summed E-state index contributed by atoms with van der Waals surface area (Å²) in [6, 6.07) is 16.3. The number of carbonyl (C=O) groups excluding carboxylic acids is 2. The van der Waals surface area contributed by atoms with Gasteiger partial charge >= 0.3 is 0 Å². The molecule has 2 amide bonds. The van der Waals surface area contributed by atoms with Gasteiger partial charge in [-0.3, -0.25) is 9.59 Å². The zero-order valence-electron chi connectivity index (χ0n) is 18.9. The normalized spacial score (nSPS) is 16.1. The summed E-state index contributed by atoms with van der Waals surface area (Å²) in [6.45, 7) is 1.68. The zero-order chi connectivity index (χ0) is 24.6. The van der Waals surface area contributed by atoms with E-state index in [0.717, 1.165) is 9.87 Å². The molecule has 0 saturated carbocycles. The molecule has 0 aliphatic carbocycles. The van der Waals surface area contributed by atoms with Crippen molar-refractivity contribution < 1.29 is 22.4 Å². The third-order valence-corrected chi connectivity index (χ3v) is 7.56. The largest absolute Gasteiger partial charge is 0.324 e. The van der Waals surface area contributed by atoms with Crippen molar-refractivity contribution in [1.82, 2.24) is 9.21 Å². The summed E-state index contributed by atoms with van der Waals surface area (Å²) in [5, 5.41) is 2.85. The van der Waals surface area contributed by atoms with Crippen LogP contribution in [0.1, 0.15) is 33.1 Å². The average molecular weight is 482 g/mol. The molecule has 0 saturated heterocycles. The highest BCUT2D eigenvalue weighted by molar-refractivity contribution is 7.89. The van der Waals surface area contributed by atoms with E-state index in [4.69, 9.17) is 0 Å². The highest BCUT2D eigenvalue weighted by Gasteiger charge is 2.34. The van der Waals surface area contributed by atoms with Gasteiger partial charge in [-0.2, -0.15) is 0 Å². The number of halogens is 1. The molecule has 0 aromatic heterocycles. The van der Waals surface area contributed by atoms with Gasteiger partial charge < -0.3 is 10.2 Å². The van der Waals surface area contributed by atoms with Gasteiger partial charge in [-0.25, -0.2) is 17.1 Å². The molecule has 1 N–H and O–H groups in total. The lowest BCUT2D eigenvalue weighted by Crippen LogP contribution is -2.39.